The largest absolute Gasteiger partial charge is 1.00 e. The third-order valence-corrected chi connectivity index (χ3v) is 18.2. The lowest BCUT2D eigenvalue weighted by Gasteiger charge is -2.26. The molecule has 0 saturated carbocycles. The summed E-state index contributed by atoms with van der Waals surface area (Å²) in [5, 5.41) is 30.6. The maximum atomic E-state index is 11.3. The number of nitrogens with one attached hydrogen (secondary N) is 1. The second-order valence-corrected chi connectivity index (χ2v) is 32.9. The van der Waals surface area contributed by atoms with Crippen LogP contribution in [0.2, 0.25) is 0 Å². The number of nitrogens with two attached hydrogens (primary N) is 1. The maximum Gasteiger partial charge on any atom is 0.150 e. The molecule has 0 amide bonds. The van der Waals surface area contributed by atoms with Crippen LogP contribution in [-0.2, 0) is 43.9 Å². The molecular weight excluding hydrogens is 1450 g/mol. The molecule has 0 spiro atoms. The Labute approximate surface area is 639 Å². The summed E-state index contributed by atoms with van der Waals surface area (Å²) >= 11 is 0. The van der Waals surface area contributed by atoms with Gasteiger partial charge in [-0.25, -0.2) is 9.36 Å². The molecule has 2 aromatic heterocycles. The average Bonchev–Trinajstić information content (AvgIpc) is 1.30. The van der Waals surface area contributed by atoms with Gasteiger partial charge in [-0.15, -0.1) is 4.21 Å². The van der Waals surface area contributed by atoms with Crippen LogP contribution in [-0.4, -0.2) is 196 Å². The smallest absolute Gasteiger partial charge is 0.150 e. The number of carbonyl (C=O) groups excluding carboxylic acids is 1. The summed E-state index contributed by atoms with van der Waals surface area (Å²) in [6, 6.07) is 56.8. The van der Waals surface area contributed by atoms with Crippen LogP contribution in [0.3, 0.4) is 0 Å². The van der Waals surface area contributed by atoms with Crippen molar-refractivity contribution in [3.63, 3.8) is 0 Å². The van der Waals surface area contributed by atoms with Crippen LogP contribution in [0.25, 0.3) is 43.7 Å². The van der Waals surface area contributed by atoms with E-state index in [9.17, 15) is 14.1 Å². The van der Waals surface area contributed by atoms with Crippen LogP contribution in [0, 0.1) is 13.8 Å². The molecule has 2 atom stereocenters. The minimum absolute atomic E-state index is 0. The fraction of sp³-hybridized carbons (Fsp3) is 0.417. The second kappa shape index (κ2) is 38.6. The van der Waals surface area contributed by atoms with Crippen molar-refractivity contribution in [3.05, 3.63) is 209 Å². The van der Waals surface area contributed by atoms with Crippen molar-refractivity contribution in [2.24, 2.45) is 0 Å². The standard InChI is InChI=1S/C32H40N4O3.C18H21NO3.C17H19NO3.C14H19N3.C3H9OS.HI/c1-23-9-11-24(12-10-23)36-31(21-30(34-36)32(2,3)4)33-22-28(37)26-13-14-29(27-8-6-5-7-25(26)27)39-20-17-35-15-18-38-19-16-35;1-2-4-15-14(3-1)16(18-13-22-18)5-6-17(15)21-12-9-19-7-10-20-11-8-19;19-13-14-5-6-17(16-4-2-1-3-15(14)16)21-12-9-18-7-10-20-11-8-18;1-10-5-7-11(8-6-10)17-13(15)9-12(16-17)14(2,3)4;1-5(2,3)4;/h5-14,21,28,33,37H,15-20,22H2,1-4H3;1-6,18H,7-13H2;1-6,13H,7-12H2;5-9H,15H2,1-4H3;1-3H3;1H/q;;;;+1;/p-1. The number of nitrogens with zero attached hydrogens (tertiary/aromatic N) is 7. The number of hydrogen-bond donors (Lipinski definition) is 3. The fourth-order valence-electron chi connectivity index (χ4n) is 12.2. The average molecular weight is 1560 g/mol. The molecule has 14 rings (SSSR count). The lowest BCUT2D eigenvalue weighted by molar-refractivity contribution is -0.0000398. The first-order chi connectivity index (χ1) is 50.0. The van der Waals surface area contributed by atoms with Gasteiger partial charge in [0.25, 0.3) is 0 Å². The van der Waals surface area contributed by atoms with Gasteiger partial charge in [-0.05, 0) is 89.7 Å². The zero-order valence-electron chi connectivity index (χ0n) is 63.2. The van der Waals surface area contributed by atoms with Gasteiger partial charge in [-0.2, -0.15) is 10.2 Å². The molecule has 105 heavy (non-hydrogen) atoms. The summed E-state index contributed by atoms with van der Waals surface area (Å²) in [7, 11) is -1.42. The number of aromatic nitrogens is 4. The number of aldehydes is 1. The molecular formula is C84H108IN9O10S. The van der Waals surface area contributed by atoms with Gasteiger partial charge in [-0.1, -0.05) is 162 Å². The number of anilines is 2. The van der Waals surface area contributed by atoms with E-state index in [4.69, 9.17) is 44.0 Å². The van der Waals surface area contributed by atoms with Crippen LogP contribution in [0.1, 0.15) is 97.8 Å². The lowest BCUT2D eigenvalue weighted by Crippen LogP contribution is -3.00. The summed E-state index contributed by atoms with van der Waals surface area (Å²) in [6.07, 6.45) is 5.59. The maximum absolute atomic E-state index is 11.3. The molecule has 4 aliphatic rings. The Morgan fingerprint density at radius 1 is 0.543 bits per heavy atom. The highest BCUT2D eigenvalue weighted by Gasteiger charge is 2.28. The minimum Gasteiger partial charge on any atom is -1.00 e. The van der Waals surface area contributed by atoms with Gasteiger partial charge in [0.2, 0.25) is 0 Å². The van der Waals surface area contributed by atoms with Gasteiger partial charge in [0, 0.05) is 110 Å². The van der Waals surface area contributed by atoms with E-state index in [1.54, 1.807) is 23.4 Å². The van der Waals surface area contributed by atoms with Crippen molar-refractivity contribution in [3.8, 4) is 28.6 Å². The van der Waals surface area contributed by atoms with E-state index < -0.39 is 16.0 Å². The van der Waals surface area contributed by atoms with Crippen LogP contribution in [0.5, 0.6) is 17.2 Å². The molecule has 0 aliphatic carbocycles. The fourth-order valence-corrected chi connectivity index (χ4v) is 12.2. The van der Waals surface area contributed by atoms with E-state index in [1.807, 2.05) is 83.5 Å². The van der Waals surface area contributed by atoms with Gasteiger partial charge in [0.05, 0.1) is 85.0 Å². The number of nitrogen functional groups attached to an aromatic ring is 1. The van der Waals surface area contributed by atoms with Gasteiger partial charge < -0.3 is 73.3 Å². The van der Waals surface area contributed by atoms with Crippen molar-refractivity contribution in [2.75, 3.05) is 161 Å². The third kappa shape index (κ3) is 24.1. The quantitative estimate of drug-likeness (QED) is 0.0281. The molecule has 4 N–H and O–H groups in total. The predicted molar refractivity (Wildman–Crippen MR) is 422 cm³/mol. The molecule has 2 unspecified atom stereocenters. The number of hydrogen-bond acceptors (Lipinski definition) is 17. The van der Waals surface area contributed by atoms with Crippen LogP contribution in [0.4, 0.5) is 11.6 Å². The molecule has 6 heterocycles. The van der Waals surface area contributed by atoms with Crippen molar-refractivity contribution in [1.29, 1.82) is 0 Å². The van der Waals surface area contributed by atoms with E-state index in [0.29, 0.717) is 37.7 Å². The zero-order chi connectivity index (χ0) is 73.8. The Hall–Kier alpha value is -7.81. The van der Waals surface area contributed by atoms with E-state index in [-0.39, 0.29) is 40.9 Å². The van der Waals surface area contributed by atoms with Gasteiger partial charge in [0.15, 0.2) is 6.29 Å². The Balaban J connectivity index is 0.000000166. The van der Waals surface area contributed by atoms with E-state index in [1.165, 1.54) is 27.5 Å². The SMILES string of the molecule is C[S+](C)(C)=O.Cc1ccc(-n2nc(C(C)(C)C)cc2N)cc1.Cc1ccc(-n2nc(C(C)(C)C)cc2NCC(O)c2ccc(OCCN3CCOCC3)c3ccccc23)cc1.O=Cc1ccc(OCCN2CCOCC2)c2ccccc12.[I-].c1ccc2c(C3CO3)ccc(OCCN3CCOCC3)c2c1. The lowest BCUT2D eigenvalue weighted by atomic mass is 9.92. The van der Waals surface area contributed by atoms with Crippen molar-refractivity contribution in [2.45, 2.75) is 78.4 Å². The molecule has 4 saturated heterocycles. The third-order valence-electron chi connectivity index (χ3n) is 18.2. The second-order valence-electron chi connectivity index (χ2n) is 29.4. The monoisotopic (exact) mass is 1560 g/mol. The highest BCUT2D eigenvalue weighted by Crippen LogP contribution is 2.39. The molecule has 562 valence electrons. The van der Waals surface area contributed by atoms with Crippen LogP contribution >= 0.6 is 0 Å². The highest BCUT2D eigenvalue weighted by atomic mass is 127. The van der Waals surface area contributed by atoms with Crippen molar-refractivity contribution >= 4 is 60.2 Å². The van der Waals surface area contributed by atoms with Crippen LogP contribution < -0.4 is 49.2 Å². The number of epoxide rings is 1. The first-order valence-electron chi connectivity index (χ1n) is 36.3. The molecule has 21 heteroatoms. The Morgan fingerprint density at radius 3 is 1.36 bits per heavy atom. The number of aryl methyl sites for hydroxylation is 2. The summed E-state index contributed by atoms with van der Waals surface area (Å²) in [6.45, 7) is 33.6. The number of aliphatic hydroxyl groups is 1. The van der Waals surface area contributed by atoms with Gasteiger partial charge >= 0.3 is 0 Å². The minimum atomic E-state index is -1.42. The number of ether oxygens (including phenoxy) is 7. The predicted octanol–water partition coefficient (Wildman–Crippen LogP) is 10.9. The van der Waals surface area contributed by atoms with Crippen molar-refractivity contribution < 1.29 is 71.2 Å². The molecule has 10 aromatic rings. The van der Waals surface area contributed by atoms with E-state index >= 15 is 0 Å². The van der Waals surface area contributed by atoms with E-state index in [2.05, 4.69) is 172 Å². The molecule has 8 aromatic carbocycles. The van der Waals surface area contributed by atoms with Crippen molar-refractivity contribution in [1.82, 2.24) is 34.3 Å². The van der Waals surface area contributed by atoms with Crippen LogP contribution in [0.15, 0.2) is 170 Å². The Bertz CT molecular complexity index is 4410. The zero-order valence-corrected chi connectivity index (χ0v) is 66.1. The molecule has 0 bridgehead atoms. The summed E-state index contributed by atoms with van der Waals surface area (Å²) < 4.78 is 53.7. The Morgan fingerprint density at radius 2 is 0.924 bits per heavy atom. The normalized spacial score (nSPS) is 16.0. The molecule has 19 nitrogen and oxygen atoms in total. The van der Waals surface area contributed by atoms with Gasteiger partial charge in [-0.3, -0.25) is 19.5 Å². The summed E-state index contributed by atoms with van der Waals surface area (Å²) in [4.78, 5) is 18.2. The first-order valence-corrected chi connectivity index (χ1v) is 39.1. The number of morpholine rings is 3. The summed E-state index contributed by atoms with van der Waals surface area (Å²) in [5.41, 5.74) is 15.2. The first kappa shape index (κ1) is 81.3. The van der Waals surface area contributed by atoms with E-state index in [0.717, 1.165) is 184 Å². The number of rotatable bonds is 20. The molecule has 0 radical (unpaired) electrons. The molecule has 4 fully saturated rings. The number of aliphatic hydroxyl groups excluding tert-OH is 1. The number of benzene rings is 8. The van der Waals surface area contributed by atoms with Gasteiger partial charge in [0.1, 0.15) is 73.6 Å². The molecule has 4 aliphatic heterocycles. The summed E-state index contributed by atoms with van der Waals surface area (Å²) in [5.74, 6) is 4.18. The number of halogens is 1. The number of carbonyl (C=O) groups is 1. The number of fused-ring (bicyclic) bond motifs is 3. The Kier molecular flexibility index (Phi) is 29.9. The highest BCUT2D eigenvalue weighted by molar-refractivity contribution is 8.00. The topological polar surface area (TPSA) is 206 Å².